The van der Waals surface area contributed by atoms with Crippen LogP contribution in [0, 0.1) is 0 Å². The van der Waals surface area contributed by atoms with Crippen molar-refractivity contribution in [2.45, 2.75) is 31.8 Å². The molecule has 1 aliphatic rings. The monoisotopic (exact) mass is 293 g/mol. The normalized spacial score (nSPS) is 21.7. The molecule has 1 unspecified atom stereocenters. The summed E-state index contributed by atoms with van der Waals surface area (Å²) in [7, 11) is 1.64. The number of rotatable bonds is 5. The van der Waals surface area contributed by atoms with Gasteiger partial charge in [-0.2, -0.15) is 0 Å². The molecule has 0 radical (unpaired) electrons. The van der Waals surface area contributed by atoms with E-state index in [1.165, 1.54) is 0 Å². The summed E-state index contributed by atoms with van der Waals surface area (Å²) >= 11 is 0. The smallest absolute Gasteiger partial charge is 0.251 e. The highest BCUT2D eigenvalue weighted by Gasteiger charge is 2.35. The van der Waals surface area contributed by atoms with Crippen molar-refractivity contribution in [2.75, 3.05) is 32.6 Å². The third-order valence-electron chi connectivity index (χ3n) is 3.79. The summed E-state index contributed by atoms with van der Waals surface area (Å²) in [6.45, 7) is 5.60. The topological polar surface area (TPSA) is 86.5 Å². The molecule has 2 rings (SSSR count). The molecule has 1 saturated heterocycles. The lowest BCUT2D eigenvalue weighted by Crippen LogP contribution is -2.45. The van der Waals surface area contributed by atoms with Crippen LogP contribution in [-0.4, -0.2) is 43.4 Å². The predicted molar refractivity (Wildman–Crippen MR) is 80.2 cm³/mol. The molecule has 6 heteroatoms. The van der Waals surface area contributed by atoms with E-state index in [-0.39, 0.29) is 11.8 Å². The summed E-state index contributed by atoms with van der Waals surface area (Å²) in [4.78, 5) is 16.5. The summed E-state index contributed by atoms with van der Waals surface area (Å²) in [5, 5.41) is 2.90. The zero-order valence-corrected chi connectivity index (χ0v) is 12.8. The number of anilines is 1. The van der Waals surface area contributed by atoms with Crippen LogP contribution >= 0.6 is 0 Å². The summed E-state index contributed by atoms with van der Waals surface area (Å²) in [6, 6.07) is 3.37. The maximum Gasteiger partial charge on any atom is 0.251 e. The Morgan fingerprint density at radius 3 is 2.90 bits per heavy atom. The van der Waals surface area contributed by atoms with Gasteiger partial charge in [0.2, 0.25) is 0 Å². The molecule has 6 nitrogen and oxygen atoms in total. The van der Waals surface area contributed by atoms with Gasteiger partial charge in [0.25, 0.3) is 5.91 Å². The van der Waals surface area contributed by atoms with Crippen LogP contribution in [0.5, 0.6) is 0 Å². The number of ether oxygens (including phenoxy) is 2. The minimum absolute atomic E-state index is 0.172. The fourth-order valence-corrected chi connectivity index (χ4v) is 2.31. The number of nitrogens with zero attached hydrogens (tertiary/aromatic N) is 1. The number of nitrogens with two attached hydrogens (primary N) is 1. The third-order valence-corrected chi connectivity index (χ3v) is 3.79. The number of hydrogen-bond donors (Lipinski definition) is 2. The van der Waals surface area contributed by atoms with E-state index >= 15 is 0 Å². The molecule has 1 amide bonds. The summed E-state index contributed by atoms with van der Waals surface area (Å²) < 4.78 is 10.8. The van der Waals surface area contributed by atoms with Crippen LogP contribution < -0.4 is 11.1 Å². The van der Waals surface area contributed by atoms with Gasteiger partial charge < -0.3 is 20.5 Å². The molecule has 0 saturated carbocycles. The summed E-state index contributed by atoms with van der Waals surface area (Å²) in [5.41, 5.74) is 6.68. The molecule has 1 aromatic heterocycles. The van der Waals surface area contributed by atoms with Crippen molar-refractivity contribution in [2.24, 2.45) is 0 Å². The fraction of sp³-hybridized carbons (Fsp3) is 0.600. The van der Waals surface area contributed by atoms with Crippen molar-refractivity contribution < 1.29 is 14.3 Å². The number of carbonyl (C=O) groups is 1. The number of amides is 1. The average Bonchev–Trinajstić information content (AvgIpc) is 2.93. The molecular formula is C15H23N3O3. The quantitative estimate of drug-likeness (QED) is 0.855. The van der Waals surface area contributed by atoms with Crippen LogP contribution in [0.2, 0.25) is 0 Å². The van der Waals surface area contributed by atoms with E-state index in [2.05, 4.69) is 10.3 Å². The second-order valence-corrected chi connectivity index (χ2v) is 5.73. The lowest BCUT2D eigenvalue weighted by Gasteiger charge is -2.25. The lowest BCUT2D eigenvalue weighted by molar-refractivity contribution is -0.0148. The molecule has 21 heavy (non-hydrogen) atoms. The van der Waals surface area contributed by atoms with Gasteiger partial charge in [0, 0.05) is 37.9 Å². The molecule has 0 bridgehead atoms. The number of pyridine rings is 1. The average molecular weight is 293 g/mol. The standard InChI is InChI=1S/C15H23N3O3/c1-10(2)12-6-11(7-13(16)18-12)14(19)17-8-15(20-3)4-5-21-9-15/h6-7,10H,4-5,8-9H2,1-3H3,(H2,16,18)(H,17,19). The van der Waals surface area contributed by atoms with Crippen molar-refractivity contribution in [1.82, 2.24) is 10.3 Å². The highest BCUT2D eigenvalue weighted by molar-refractivity contribution is 5.95. The molecular weight excluding hydrogens is 270 g/mol. The molecule has 0 aliphatic carbocycles. The van der Waals surface area contributed by atoms with Crippen LogP contribution in [0.25, 0.3) is 0 Å². The Labute approximate surface area is 125 Å². The minimum Gasteiger partial charge on any atom is -0.384 e. The van der Waals surface area contributed by atoms with Gasteiger partial charge >= 0.3 is 0 Å². The maximum absolute atomic E-state index is 12.3. The van der Waals surface area contributed by atoms with E-state index in [4.69, 9.17) is 15.2 Å². The number of aromatic nitrogens is 1. The molecule has 1 fully saturated rings. The van der Waals surface area contributed by atoms with Crippen LogP contribution in [0.1, 0.15) is 42.2 Å². The predicted octanol–water partition coefficient (Wildman–Crippen LogP) is 1.32. The first-order chi connectivity index (χ1) is 9.96. The second-order valence-electron chi connectivity index (χ2n) is 5.73. The molecule has 1 aromatic rings. The van der Waals surface area contributed by atoms with E-state index in [9.17, 15) is 4.79 Å². The number of hydrogen-bond acceptors (Lipinski definition) is 5. The van der Waals surface area contributed by atoms with E-state index in [1.807, 2.05) is 13.8 Å². The van der Waals surface area contributed by atoms with Gasteiger partial charge in [-0.25, -0.2) is 4.98 Å². The van der Waals surface area contributed by atoms with E-state index < -0.39 is 5.60 Å². The molecule has 2 heterocycles. The first-order valence-corrected chi connectivity index (χ1v) is 7.14. The van der Waals surface area contributed by atoms with Crippen LogP contribution in [-0.2, 0) is 9.47 Å². The maximum atomic E-state index is 12.3. The van der Waals surface area contributed by atoms with Crippen molar-refractivity contribution in [1.29, 1.82) is 0 Å². The Morgan fingerprint density at radius 2 is 2.33 bits per heavy atom. The Kier molecular flexibility index (Phi) is 4.80. The minimum atomic E-state index is -0.422. The van der Waals surface area contributed by atoms with E-state index in [0.29, 0.717) is 31.1 Å². The number of carbonyl (C=O) groups excluding carboxylic acids is 1. The molecule has 3 N–H and O–H groups in total. The summed E-state index contributed by atoms with van der Waals surface area (Å²) in [6.07, 6.45) is 0.777. The third kappa shape index (κ3) is 3.71. The molecule has 0 spiro atoms. The van der Waals surface area contributed by atoms with Gasteiger partial charge in [0.15, 0.2) is 0 Å². The van der Waals surface area contributed by atoms with Crippen LogP contribution in [0.3, 0.4) is 0 Å². The van der Waals surface area contributed by atoms with Crippen LogP contribution in [0.15, 0.2) is 12.1 Å². The molecule has 116 valence electrons. The van der Waals surface area contributed by atoms with Gasteiger partial charge in [-0.1, -0.05) is 13.8 Å². The number of nitrogens with one attached hydrogen (secondary N) is 1. The Hall–Kier alpha value is -1.66. The highest BCUT2D eigenvalue weighted by Crippen LogP contribution is 2.22. The van der Waals surface area contributed by atoms with Crippen molar-refractivity contribution in [3.8, 4) is 0 Å². The SMILES string of the molecule is COC1(CNC(=O)c2cc(N)nc(C(C)C)c2)CCOC1. The van der Waals surface area contributed by atoms with Crippen molar-refractivity contribution in [3.63, 3.8) is 0 Å². The Balaban J connectivity index is 2.06. The zero-order chi connectivity index (χ0) is 15.5. The molecule has 0 aromatic carbocycles. The summed E-state index contributed by atoms with van der Waals surface area (Å²) in [5.74, 6) is 0.403. The largest absolute Gasteiger partial charge is 0.384 e. The van der Waals surface area contributed by atoms with Gasteiger partial charge in [0.05, 0.1) is 6.61 Å². The second kappa shape index (κ2) is 6.41. The first-order valence-electron chi connectivity index (χ1n) is 7.14. The van der Waals surface area contributed by atoms with E-state index in [1.54, 1.807) is 19.2 Å². The van der Waals surface area contributed by atoms with Crippen molar-refractivity contribution >= 4 is 11.7 Å². The van der Waals surface area contributed by atoms with Gasteiger partial charge in [-0.05, 0) is 18.1 Å². The molecule has 1 atom stereocenters. The number of methoxy groups -OCH3 is 1. The Bertz CT molecular complexity index is 511. The van der Waals surface area contributed by atoms with Crippen LogP contribution in [0.4, 0.5) is 5.82 Å². The highest BCUT2D eigenvalue weighted by atomic mass is 16.5. The first kappa shape index (κ1) is 15.7. The lowest BCUT2D eigenvalue weighted by atomic mass is 10.0. The fourth-order valence-electron chi connectivity index (χ4n) is 2.31. The molecule has 1 aliphatic heterocycles. The van der Waals surface area contributed by atoms with Gasteiger partial charge in [-0.3, -0.25) is 4.79 Å². The number of nitrogen functional groups attached to an aromatic ring is 1. The van der Waals surface area contributed by atoms with Gasteiger partial charge in [-0.15, -0.1) is 0 Å². The van der Waals surface area contributed by atoms with Gasteiger partial charge in [0.1, 0.15) is 11.4 Å². The zero-order valence-electron chi connectivity index (χ0n) is 12.8. The van der Waals surface area contributed by atoms with Crippen molar-refractivity contribution in [3.05, 3.63) is 23.4 Å². The Morgan fingerprint density at radius 1 is 1.57 bits per heavy atom. The van der Waals surface area contributed by atoms with E-state index in [0.717, 1.165) is 12.1 Å².